The van der Waals surface area contributed by atoms with Gasteiger partial charge < -0.3 is 0 Å². The molecule has 0 amide bonds. The molecule has 0 bridgehead atoms. The van der Waals surface area contributed by atoms with E-state index in [1.54, 1.807) is 12.1 Å². The van der Waals surface area contributed by atoms with E-state index >= 15 is 0 Å². The molecule has 2 nitrogen and oxygen atoms in total. The number of nitrogens with zero attached hydrogens (tertiary/aromatic N) is 2. The number of benzene rings is 1. The van der Waals surface area contributed by atoms with Crippen LogP contribution in [0.2, 0.25) is 0 Å². The molecule has 0 aromatic heterocycles. The zero-order valence-corrected chi connectivity index (χ0v) is 7.38. The quantitative estimate of drug-likeness (QED) is 0.686. The van der Waals surface area contributed by atoms with Crippen molar-refractivity contribution in [1.29, 1.82) is 10.5 Å². The van der Waals surface area contributed by atoms with E-state index in [-0.39, 0.29) is 16.7 Å². The first kappa shape index (κ1) is 10.1. The van der Waals surface area contributed by atoms with Crippen molar-refractivity contribution in [3.05, 3.63) is 34.9 Å². The first-order chi connectivity index (χ1) is 6.49. The average molecular weight is 192 g/mol. The van der Waals surface area contributed by atoms with Crippen LogP contribution >= 0.6 is 0 Å². The minimum Gasteiger partial charge on any atom is -0.202 e. The van der Waals surface area contributed by atoms with Crippen LogP contribution in [0.5, 0.6) is 0 Å². The Morgan fingerprint density at radius 2 is 1.71 bits per heavy atom. The molecule has 1 aromatic carbocycles. The molecule has 70 valence electrons. The second-order valence-electron chi connectivity index (χ2n) is 2.87. The summed E-state index contributed by atoms with van der Waals surface area (Å²) in [5.74, 6) is -2.99. The number of hydrogen-bond donors (Lipinski definition) is 0. The van der Waals surface area contributed by atoms with E-state index in [0.717, 1.165) is 19.1 Å². The number of halogens is 2. The van der Waals surface area contributed by atoms with E-state index in [0.29, 0.717) is 0 Å². The van der Waals surface area contributed by atoms with E-state index in [4.69, 9.17) is 10.5 Å². The predicted octanol–water partition coefficient (Wildman–Crippen LogP) is 2.54. The van der Waals surface area contributed by atoms with E-state index in [1.165, 1.54) is 6.07 Å². The van der Waals surface area contributed by atoms with Crippen LogP contribution < -0.4 is 0 Å². The Morgan fingerprint density at radius 3 is 2.14 bits per heavy atom. The normalized spacial score (nSPS) is 10.4. The van der Waals surface area contributed by atoms with Crippen molar-refractivity contribution >= 4 is 0 Å². The SMILES string of the molecule is CC(F)(F)c1ccc(C#N)c(C#N)c1. The summed E-state index contributed by atoms with van der Waals surface area (Å²) in [5, 5.41) is 17.1. The van der Waals surface area contributed by atoms with Crippen molar-refractivity contribution in [3.8, 4) is 12.1 Å². The lowest BCUT2D eigenvalue weighted by Crippen LogP contribution is -2.07. The van der Waals surface area contributed by atoms with Gasteiger partial charge in [-0.2, -0.15) is 10.5 Å². The lowest BCUT2D eigenvalue weighted by Gasteiger charge is -2.10. The molecular weight excluding hydrogens is 186 g/mol. The van der Waals surface area contributed by atoms with Gasteiger partial charge in [-0.25, -0.2) is 8.78 Å². The summed E-state index contributed by atoms with van der Waals surface area (Å²) in [6.45, 7) is 0.746. The minimum atomic E-state index is -2.99. The van der Waals surface area contributed by atoms with Crippen LogP contribution in [0.25, 0.3) is 0 Å². The summed E-state index contributed by atoms with van der Waals surface area (Å²) in [6, 6.07) is 6.88. The molecule has 1 aromatic rings. The third-order valence-electron chi connectivity index (χ3n) is 1.77. The number of rotatable bonds is 1. The second-order valence-corrected chi connectivity index (χ2v) is 2.87. The maximum absolute atomic E-state index is 12.8. The van der Waals surface area contributed by atoms with E-state index in [1.807, 2.05) is 0 Å². The van der Waals surface area contributed by atoms with E-state index < -0.39 is 5.92 Å². The highest BCUT2D eigenvalue weighted by atomic mass is 19.3. The molecule has 0 heterocycles. The van der Waals surface area contributed by atoms with Crippen LogP contribution in [-0.4, -0.2) is 0 Å². The fourth-order valence-corrected chi connectivity index (χ4v) is 1.01. The maximum Gasteiger partial charge on any atom is 0.270 e. The molecule has 0 saturated heterocycles. The third kappa shape index (κ3) is 1.86. The predicted molar refractivity (Wildman–Crippen MR) is 45.4 cm³/mol. The smallest absolute Gasteiger partial charge is 0.202 e. The van der Waals surface area contributed by atoms with Crippen molar-refractivity contribution in [1.82, 2.24) is 0 Å². The van der Waals surface area contributed by atoms with Gasteiger partial charge in [-0.1, -0.05) is 6.07 Å². The highest BCUT2D eigenvalue weighted by Crippen LogP contribution is 2.28. The molecule has 0 saturated carbocycles. The molecule has 0 N–H and O–H groups in total. The second kappa shape index (κ2) is 3.43. The van der Waals surface area contributed by atoms with Crippen LogP contribution in [0.3, 0.4) is 0 Å². The summed E-state index contributed by atoms with van der Waals surface area (Å²) in [5.41, 5.74) is -0.167. The Balaban J connectivity index is 3.32. The fourth-order valence-electron chi connectivity index (χ4n) is 1.01. The van der Waals surface area contributed by atoms with Crippen LogP contribution in [0, 0.1) is 22.7 Å². The molecular formula is C10H6F2N2. The molecule has 0 aliphatic rings. The molecule has 0 atom stereocenters. The first-order valence-corrected chi connectivity index (χ1v) is 3.81. The highest BCUT2D eigenvalue weighted by molar-refractivity contribution is 5.47. The molecule has 0 aliphatic carbocycles. The highest BCUT2D eigenvalue weighted by Gasteiger charge is 2.24. The Bertz CT molecular complexity index is 433. The van der Waals surface area contributed by atoms with Gasteiger partial charge in [-0.05, 0) is 12.1 Å². The van der Waals surface area contributed by atoms with Crippen molar-refractivity contribution in [3.63, 3.8) is 0 Å². The largest absolute Gasteiger partial charge is 0.270 e. The number of nitriles is 2. The maximum atomic E-state index is 12.8. The van der Waals surface area contributed by atoms with E-state index in [2.05, 4.69) is 0 Å². The van der Waals surface area contributed by atoms with Gasteiger partial charge in [-0.3, -0.25) is 0 Å². The molecule has 0 unspecified atom stereocenters. The fraction of sp³-hybridized carbons (Fsp3) is 0.200. The monoisotopic (exact) mass is 192 g/mol. The first-order valence-electron chi connectivity index (χ1n) is 3.81. The zero-order valence-electron chi connectivity index (χ0n) is 7.38. The minimum absolute atomic E-state index is 0.0217. The van der Waals surface area contributed by atoms with Gasteiger partial charge in [0.25, 0.3) is 5.92 Å². The van der Waals surface area contributed by atoms with Gasteiger partial charge >= 0.3 is 0 Å². The molecule has 0 radical (unpaired) electrons. The summed E-state index contributed by atoms with van der Waals surface area (Å²) in [7, 11) is 0. The standard InChI is InChI=1S/C10H6F2N2/c1-10(11,12)9-3-2-7(5-13)8(4-9)6-14/h2-4H,1H3. The van der Waals surface area contributed by atoms with Crippen LogP contribution in [0.4, 0.5) is 8.78 Å². The van der Waals surface area contributed by atoms with Crippen molar-refractivity contribution in [2.24, 2.45) is 0 Å². The van der Waals surface area contributed by atoms with Gasteiger partial charge in [0.15, 0.2) is 0 Å². The zero-order chi connectivity index (χ0) is 10.8. The lowest BCUT2D eigenvalue weighted by atomic mass is 10.0. The van der Waals surface area contributed by atoms with Crippen LogP contribution in [0.1, 0.15) is 23.6 Å². The molecule has 14 heavy (non-hydrogen) atoms. The molecule has 0 aliphatic heterocycles. The Hall–Kier alpha value is -1.94. The summed E-state index contributed by atoms with van der Waals surface area (Å²) >= 11 is 0. The van der Waals surface area contributed by atoms with Crippen LogP contribution in [-0.2, 0) is 5.92 Å². The molecule has 0 spiro atoms. The van der Waals surface area contributed by atoms with Gasteiger partial charge in [-0.15, -0.1) is 0 Å². The third-order valence-corrected chi connectivity index (χ3v) is 1.77. The van der Waals surface area contributed by atoms with Gasteiger partial charge in [0.2, 0.25) is 0 Å². The topological polar surface area (TPSA) is 47.6 Å². The molecule has 0 fully saturated rings. The summed E-state index contributed by atoms with van der Waals surface area (Å²) < 4.78 is 25.6. The van der Waals surface area contributed by atoms with Gasteiger partial charge in [0, 0.05) is 12.5 Å². The van der Waals surface area contributed by atoms with Crippen LogP contribution in [0.15, 0.2) is 18.2 Å². The molecule has 4 heteroatoms. The van der Waals surface area contributed by atoms with Crippen molar-refractivity contribution in [2.75, 3.05) is 0 Å². The summed E-state index contributed by atoms with van der Waals surface area (Å²) in [6.07, 6.45) is 0. The van der Waals surface area contributed by atoms with Crippen molar-refractivity contribution in [2.45, 2.75) is 12.8 Å². The molecule has 1 rings (SSSR count). The van der Waals surface area contributed by atoms with Gasteiger partial charge in [0.1, 0.15) is 12.1 Å². The van der Waals surface area contributed by atoms with Crippen molar-refractivity contribution < 1.29 is 8.78 Å². The average Bonchev–Trinajstić information content (AvgIpc) is 2.15. The Labute approximate surface area is 80.0 Å². The summed E-state index contributed by atoms with van der Waals surface area (Å²) in [4.78, 5) is 0. The van der Waals surface area contributed by atoms with E-state index in [9.17, 15) is 8.78 Å². The number of hydrogen-bond acceptors (Lipinski definition) is 2. The van der Waals surface area contributed by atoms with Gasteiger partial charge in [0.05, 0.1) is 11.1 Å². The Kier molecular flexibility index (Phi) is 2.49. The lowest BCUT2D eigenvalue weighted by molar-refractivity contribution is 0.0174. The number of alkyl halides is 2. The Morgan fingerprint density at radius 1 is 1.14 bits per heavy atom.